The molecule has 3 aromatic heterocycles. The van der Waals surface area contributed by atoms with Crippen LogP contribution in [0.25, 0.3) is 11.2 Å². The second-order valence-electron chi connectivity index (χ2n) is 4.61. The van der Waals surface area contributed by atoms with Gasteiger partial charge in [-0.2, -0.15) is 13.2 Å². The van der Waals surface area contributed by atoms with Gasteiger partial charge in [-0.05, 0) is 12.1 Å². The molecule has 0 spiro atoms. The molecule has 3 N–H and O–H groups in total. The van der Waals surface area contributed by atoms with Crippen LogP contribution in [0.2, 0.25) is 0 Å². The average Bonchev–Trinajstić information content (AvgIpc) is 3.00. The third-order valence-corrected chi connectivity index (χ3v) is 3.04. The number of aromatic amines is 1. The number of alkyl halides is 3. The lowest BCUT2D eigenvalue weighted by molar-refractivity contribution is -0.137. The average molecular weight is 323 g/mol. The molecule has 0 saturated heterocycles. The number of aromatic nitrogens is 5. The maximum atomic E-state index is 12.4. The van der Waals surface area contributed by atoms with E-state index in [1.54, 1.807) is 0 Å². The van der Waals surface area contributed by atoms with Crippen LogP contribution in [0.15, 0.2) is 31.0 Å². The molecule has 7 nitrogen and oxygen atoms in total. The van der Waals surface area contributed by atoms with Crippen molar-refractivity contribution in [1.82, 2.24) is 24.9 Å². The molecule has 0 aliphatic carbocycles. The summed E-state index contributed by atoms with van der Waals surface area (Å²) >= 11 is 0. The quantitative estimate of drug-likeness (QED) is 0.624. The van der Waals surface area contributed by atoms with Crippen LogP contribution in [0.4, 0.5) is 24.8 Å². The fourth-order valence-electron chi connectivity index (χ4n) is 1.94. The molecule has 0 unspecified atom stereocenters. The van der Waals surface area contributed by atoms with Crippen LogP contribution in [0.5, 0.6) is 0 Å². The van der Waals surface area contributed by atoms with E-state index in [9.17, 15) is 13.2 Å². The number of hydrogen-bond acceptors (Lipinski definition) is 6. The molecule has 0 saturated carbocycles. The summed E-state index contributed by atoms with van der Waals surface area (Å²) in [4.78, 5) is 18.8. The van der Waals surface area contributed by atoms with Gasteiger partial charge in [-0.1, -0.05) is 0 Å². The molecule has 23 heavy (non-hydrogen) atoms. The molecule has 10 heteroatoms. The highest BCUT2D eigenvalue weighted by atomic mass is 19.4. The molecule has 3 rings (SSSR count). The van der Waals surface area contributed by atoms with Crippen molar-refractivity contribution in [3.8, 4) is 0 Å². The summed E-state index contributed by atoms with van der Waals surface area (Å²) in [5.74, 6) is 0.976. The fourth-order valence-corrected chi connectivity index (χ4v) is 1.94. The number of nitrogens with one attached hydrogen (secondary N) is 3. The zero-order chi connectivity index (χ0) is 16.3. The van der Waals surface area contributed by atoms with Crippen molar-refractivity contribution in [2.75, 3.05) is 23.7 Å². The molecule has 0 radical (unpaired) electrons. The van der Waals surface area contributed by atoms with Crippen LogP contribution in [0.1, 0.15) is 5.56 Å². The summed E-state index contributed by atoms with van der Waals surface area (Å²) in [7, 11) is 0. The van der Waals surface area contributed by atoms with E-state index in [0.717, 1.165) is 12.3 Å². The Hall–Kier alpha value is -2.91. The first-order valence-corrected chi connectivity index (χ1v) is 6.69. The first kappa shape index (κ1) is 15.0. The lowest BCUT2D eigenvalue weighted by Gasteiger charge is -2.09. The minimum absolute atomic E-state index is 0.370. The number of imidazole rings is 1. The Morgan fingerprint density at radius 1 is 1.00 bits per heavy atom. The summed E-state index contributed by atoms with van der Waals surface area (Å²) in [6, 6.07) is 2.28. The molecule has 3 aromatic rings. The third-order valence-electron chi connectivity index (χ3n) is 3.04. The Labute approximate surface area is 128 Å². The molecular formula is C13H12F3N7. The fraction of sp³-hybridized carbons (Fsp3) is 0.231. The molecule has 0 amide bonds. The standard InChI is InChI=1S/C13H12F3N7/c14-13(15,16)8-1-2-9(19-5-8)17-3-4-18-11-10-12(21-6-20-10)23-7-22-11/h1-2,5-7H,3-4H2,(H,17,19)(H2,18,20,21,22,23). The highest BCUT2D eigenvalue weighted by molar-refractivity contribution is 5.81. The predicted octanol–water partition coefficient (Wildman–Crippen LogP) is 2.29. The van der Waals surface area contributed by atoms with Crippen LogP contribution < -0.4 is 10.6 Å². The van der Waals surface area contributed by atoms with E-state index in [1.165, 1.54) is 18.7 Å². The van der Waals surface area contributed by atoms with Gasteiger partial charge in [0, 0.05) is 19.3 Å². The molecule has 0 aromatic carbocycles. The summed E-state index contributed by atoms with van der Waals surface area (Å²) in [6.07, 6.45) is -0.658. The Bertz CT molecular complexity index is 782. The minimum atomic E-state index is -4.38. The maximum absolute atomic E-state index is 12.4. The summed E-state index contributed by atoms with van der Waals surface area (Å²) < 4.78 is 37.3. The molecule has 0 bridgehead atoms. The van der Waals surface area contributed by atoms with E-state index in [0.29, 0.717) is 35.9 Å². The van der Waals surface area contributed by atoms with Crippen LogP contribution in [-0.4, -0.2) is 38.0 Å². The number of nitrogens with zero attached hydrogens (tertiary/aromatic N) is 4. The first-order valence-electron chi connectivity index (χ1n) is 6.69. The van der Waals surface area contributed by atoms with Gasteiger partial charge < -0.3 is 15.6 Å². The van der Waals surface area contributed by atoms with Gasteiger partial charge in [-0.25, -0.2) is 19.9 Å². The zero-order valence-electron chi connectivity index (χ0n) is 11.7. The lowest BCUT2D eigenvalue weighted by Crippen LogP contribution is -2.15. The maximum Gasteiger partial charge on any atom is 0.417 e. The third kappa shape index (κ3) is 3.47. The van der Waals surface area contributed by atoms with Crippen molar-refractivity contribution in [3.05, 3.63) is 36.5 Å². The number of rotatable bonds is 5. The molecule has 3 heterocycles. The predicted molar refractivity (Wildman–Crippen MR) is 77.9 cm³/mol. The summed E-state index contributed by atoms with van der Waals surface area (Å²) in [6.45, 7) is 0.950. The molecule has 0 atom stereocenters. The van der Waals surface area contributed by atoms with Crippen molar-refractivity contribution in [1.29, 1.82) is 0 Å². The smallest absolute Gasteiger partial charge is 0.368 e. The van der Waals surface area contributed by atoms with E-state index in [2.05, 4.69) is 35.6 Å². The zero-order valence-corrected chi connectivity index (χ0v) is 11.7. The molecule has 0 aliphatic heterocycles. The van der Waals surface area contributed by atoms with Gasteiger partial charge in [0.25, 0.3) is 0 Å². The van der Waals surface area contributed by atoms with Crippen molar-refractivity contribution < 1.29 is 13.2 Å². The Kier molecular flexibility index (Phi) is 3.96. The van der Waals surface area contributed by atoms with Gasteiger partial charge in [-0.15, -0.1) is 0 Å². The second-order valence-corrected chi connectivity index (χ2v) is 4.61. The monoisotopic (exact) mass is 323 g/mol. The Morgan fingerprint density at radius 3 is 2.57 bits per heavy atom. The Balaban J connectivity index is 1.53. The van der Waals surface area contributed by atoms with Crippen molar-refractivity contribution >= 4 is 22.8 Å². The minimum Gasteiger partial charge on any atom is -0.368 e. The Morgan fingerprint density at radius 2 is 1.83 bits per heavy atom. The van der Waals surface area contributed by atoms with Gasteiger partial charge in [0.2, 0.25) is 0 Å². The van der Waals surface area contributed by atoms with Gasteiger partial charge >= 0.3 is 6.18 Å². The van der Waals surface area contributed by atoms with Crippen LogP contribution >= 0.6 is 0 Å². The number of pyridine rings is 1. The first-order chi connectivity index (χ1) is 11.0. The second kappa shape index (κ2) is 6.07. The number of H-pyrrole nitrogens is 1. The molecule has 0 fully saturated rings. The van der Waals surface area contributed by atoms with Crippen molar-refractivity contribution in [2.45, 2.75) is 6.18 Å². The van der Waals surface area contributed by atoms with E-state index in [1.807, 2.05) is 0 Å². The largest absolute Gasteiger partial charge is 0.417 e. The van der Waals surface area contributed by atoms with Crippen LogP contribution in [0.3, 0.4) is 0 Å². The van der Waals surface area contributed by atoms with Crippen LogP contribution in [-0.2, 0) is 6.18 Å². The molecule has 120 valence electrons. The molecular weight excluding hydrogens is 311 g/mol. The van der Waals surface area contributed by atoms with Gasteiger partial charge in [-0.3, -0.25) is 0 Å². The van der Waals surface area contributed by atoms with Crippen molar-refractivity contribution in [2.24, 2.45) is 0 Å². The van der Waals surface area contributed by atoms with Crippen LogP contribution in [0, 0.1) is 0 Å². The molecule has 0 aliphatic rings. The van der Waals surface area contributed by atoms with Gasteiger partial charge in [0.15, 0.2) is 11.5 Å². The SMILES string of the molecule is FC(F)(F)c1ccc(NCCNc2ncnc3nc[nH]c23)nc1. The highest BCUT2D eigenvalue weighted by Gasteiger charge is 2.30. The number of hydrogen-bond donors (Lipinski definition) is 3. The van der Waals surface area contributed by atoms with E-state index in [-0.39, 0.29) is 0 Å². The van der Waals surface area contributed by atoms with Crippen molar-refractivity contribution in [3.63, 3.8) is 0 Å². The highest BCUT2D eigenvalue weighted by Crippen LogP contribution is 2.28. The van der Waals surface area contributed by atoms with E-state index < -0.39 is 11.7 Å². The summed E-state index contributed by atoms with van der Waals surface area (Å²) in [5.41, 5.74) is 0.476. The number of halogens is 3. The van der Waals surface area contributed by atoms with E-state index in [4.69, 9.17) is 0 Å². The van der Waals surface area contributed by atoms with Gasteiger partial charge in [0.05, 0.1) is 11.9 Å². The summed E-state index contributed by atoms with van der Waals surface area (Å²) in [5, 5.41) is 6.01. The number of anilines is 2. The number of fused-ring (bicyclic) bond motifs is 1. The van der Waals surface area contributed by atoms with E-state index >= 15 is 0 Å². The topological polar surface area (TPSA) is 91.4 Å². The van der Waals surface area contributed by atoms with Gasteiger partial charge in [0.1, 0.15) is 17.7 Å². The lowest BCUT2D eigenvalue weighted by atomic mass is 10.3. The normalized spacial score (nSPS) is 11.6.